The van der Waals surface area contributed by atoms with Crippen LogP contribution in [0.5, 0.6) is 5.75 Å². The Morgan fingerprint density at radius 2 is 1.76 bits per heavy atom. The molecule has 0 bridgehead atoms. The molecule has 5 nitrogen and oxygen atoms in total. The standard InChI is InChI=1S/C29H22N3O2/c1-3-34-21-12-14-25-26(15-21)32-28(31(25)17-20-10-8-19(16-30)9-11-20)23-13-7-18(2)22-5-4-6-24(27(22)23)29(32)33/h4-15H,3,17H2,1-2H3/q+1. The number of rotatable bonds is 4. The van der Waals surface area contributed by atoms with Gasteiger partial charge in [0.1, 0.15) is 12.3 Å². The highest BCUT2D eigenvalue weighted by atomic mass is 16.5. The molecule has 0 saturated heterocycles. The van der Waals surface area contributed by atoms with E-state index in [4.69, 9.17) is 4.74 Å². The molecule has 0 N–H and O–H groups in total. The predicted octanol–water partition coefficient (Wildman–Crippen LogP) is 5.11. The summed E-state index contributed by atoms with van der Waals surface area (Å²) in [7, 11) is 0. The van der Waals surface area contributed by atoms with E-state index in [1.165, 1.54) is 0 Å². The molecular formula is C29H22N3O2+. The van der Waals surface area contributed by atoms with Crippen molar-refractivity contribution in [2.45, 2.75) is 20.4 Å². The number of hydrogen-bond acceptors (Lipinski definition) is 3. The number of nitriles is 1. The van der Waals surface area contributed by atoms with Gasteiger partial charge in [-0.2, -0.15) is 9.66 Å². The van der Waals surface area contributed by atoms with Gasteiger partial charge >= 0.3 is 5.56 Å². The van der Waals surface area contributed by atoms with Gasteiger partial charge < -0.3 is 4.74 Å². The maximum Gasteiger partial charge on any atom is 0.347 e. The summed E-state index contributed by atoms with van der Waals surface area (Å²) in [5, 5.41) is 13.0. The molecule has 0 amide bonds. The minimum atomic E-state index is -0.0315. The zero-order chi connectivity index (χ0) is 23.4. The second kappa shape index (κ2) is 7.57. The number of imidazole rings is 1. The minimum absolute atomic E-state index is 0.0315. The molecule has 0 radical (unpaired) electrons. The summed E-state index contributed by atoms with van der Waals surface area (Å²) in [6.45, 7) is 5.16. The SMILES string of the molecule is CCOc1ccc2c(c1)n1c(=O)c3cccc4c(C)ccc(c43)c1[n+]2Cc1ccc(C#N)cc1. The quantitative estimate of drug-likeness (QED) is 0.355. The Bertz CT molecular complexity index is 1830. The monoisotopic (exact) mass is 444 g/mol. The molecule has 0 spiro atoms. The summed E-state index contributed by atoms with van der Waals surface area (Å²) in [5.41, 5.74) is 5.44. The molecule has 4 aromatic carbocycles. The van der Waals surface area contributed by atoms with Crippen LogP contribution in [0, 0.1) is 18.3 Å². The molecule has 0 aliphatic carbocycles. The van der Waals surface area contributed by atoms with Gasteiger partial charge in [0.15, 0.2) is 11.0 Å². The van der Waals surface area contributed by atoms with Crippen LogP contribution in [0.15, 0.2) is 77.6 Å². The van der Waals surface area contributed by atoms with Gasteiger partial charge in [-0.1, -0.05) is 30.3 Å². The number of hydrogen-bond donors (Lipinski definition) is 0. The second-order valence-corrected chi connectivity index (χ2v) is 8.60. The van der Waals surface area contributed by atoms with Crippen LogP contribution >= 0.6 is 0 Å². The van der Waals surface area contributed by atoms with Crippen LogP contribution in [0.1, 0.15) is 23.6 Å². The maximum absolute atomic E-state index is 13.9. The summed E-state index contributed by atoms with van der Waals surface area (Å²) in [6, 6.07) is 25.9. The minimum Gasteiger partial charge on any atom is -0.494 e. The van der Waals surface area contributed by atoms with E-state index in [1.807, 2.05) is 65.9 Å². The van der Waals surface area contributed by atoms with E-state index >= 15 is 0 Å². The van der Waals surface area contributed by atoms with E-state index in [9.17, 15) is 10.1 Å². The lowest BCUT2D eigenvalue weighted by molar-refractivity contribution is -0.635. The number of pyridine rings is 1. The van der Waals surface area contributed by atoms with Gasteiger partial charge in [-0.15, -0.1) is 0 Å². The molecule has 0 aliphatic heterocycles. The third-order valence-corrected chi connectivity index (χ3v) is 6.61. The summed E-state index contributed by atoms with van der Waals surface area (Å²) >= 11 is 0. The van der Waals surface area contributed by atoms with E-state index in [0.717, 1.165) is 49.7 Å². The molecule has 164 valence electrons. The smallest absolute Gasteiger partial charge is 0.347 e. The van der Waals surface area contributed by atoms with Gasteiger partial charge in [0.05, 0.1) is 29.0 Å². The van der Waals surface area contributed by atoms with E-state index in [0.29, 0.717) is 24.1 Å². The molecule has 0 unspecified atom stereocenters. The van der Waals surface area contributed by atoms with Crippen LogP contribution < -0.4 is 14.9 Å². The fourth-order valence-electron chi connectivity index (χ4n) is 5.05. The number of benzene rings is 4. The van der Waals surface area contributed by atoms with Crippen molar-refractivity contribution in [3.8, 4) is 11.8 Å². The van der Waals surface area contributed by atoms with Gasteiger partial charge in [0, 0.05) is 11.5 Å². The maximum atomic E-state index is 13.9. The van der Waals surface area contributed by atoms with Crippen molar-refractivity contribution in [1.82, 2.24) is 4.40 Å². The number of aromatic nitrogens is 2. The van der Waals surface area contributed by atoms with Crippen LogP contribution in [-0.2, 0) is 6.54 Å². The van der Waals surface area contributed by atoms with Crippen molar-refractivity contribution in [3.05, 3.63) is 99.8 Å². The van der Waals surface area contributed by atoms with Crippen molar-refractivity contribution < 1.29 is 9.30 Å². The first-order chi connectivity index (χ1) is 16.6. The van der Waals surface area contributed by atoms with Crippen LogP contribution in [0.4, 0.5) is 0 Å². The van der Waals surface area contributed by atoms with Crippen LogP contribution in [0.25, 0.3) is 38.2 Å². The lowest BCUT2D eigenvalue weighted by Gasteiger charge is -2.08. The van der Waals surface area contributed by atoms with Crippen LogP contribution in [0.2, 0.25) is 0 Å². The van der Waals surface area contributed by atoms with Gasteiger partial charge in [-0.3, -0.25) is 0 Å². The number of aryl methyl sites for hydroxylation is 1. The fraction of sp³-hybridized carbons (Fsp3) is 0.138. The summed E-state index contributed by atoms with van der Waals surface area (Å²) in [4.78, 5) is 13.9. The Hall–Kier alpha value is -4.43. The van der Waals surface area contributed by atoms with E-state index in [1.54, 1.807) is 0 Å². The van der Waals surface area contributed by atoms with Crippen molar-refractivity contribution >= 4 is 38.2 Å². The first-order valence-corrected chi connectivity index (χ1v) is 11.4. The Kier molecular flexibility index (Phi) is 4.50. The van der Waals surface area contributed by atoms with Crippen LogP contribution in [-0.4, -0.2) is 11.0 Å². The lowest BCUT2D eigenvalue weighted by Crippen LogP contribution is -2.35. The summed E-state index contributed by atoms with van der Waals surface area (Å²) < 4.78 is 9.80. The predicted molar refractivity (Wildman–Crippen MR) is 134 cm³/mol. The van der Waals surface area contributed by atoms with Gasteiger partial charge in [-0.25, -0.2) is 9.36 Å². The second-order valence-electron chi connectivity index (χ2n) is 8.60. The zero-order valence-corrected chi connectivity index (χ0v) is 19.0. The average molecular weight is 445 g/mol. The highest BCUT2D eigenvalue weighted by Crippen LogP contribution is 2.31. The highest BCUT2D eigenvalue weighted by molar-refractivity contribution is 6.15. The molecule has 0 aliphatic rings. The number of nitrogens with zero attached hydrogens (tertiary/aromatic N) is 3. The van der Waals surface area contributed by atoms with E-state index < -0.39 is 0 Å². The zero-order valence-electron chi connectivity index (χ0n) is 19.0. The third-order valence-electron chi connectivity index (χ3n) is 6.61. The summed E-state index contributed by atoms with van der Waals surface area (Å²) in [5.74, 6) is 0.738. The molecule has 6 rings (SSSR count). The highest BCUT2D eigenvalue weighted by Gasteiger charge is 2.27. The Morgan fingerprint density at radius 1 is 0.971 bits per heavy atom. The largest absolute Gasteiger partial charge is 0.494 e. The molecular weight excluding hydrogens is 422 g/mol. The van der Waals surface area contributed by atoms with E-state index in [2.05, 4.69) is 35.8 Å². The first kappa shape index (κ1) is 20.2. The molecule has 0 saturated carbocycles. The number of fused-ring (bicyclic) bond motifs is 4. The Labute approximate surface area is 196 Å². The number of ether oxygens (including phenoxy) is 1. The topological polar surface area (TPSA) is 58.4 Å². The van der Waals surface area contributed by atoms with Gasteiger partial charge in [0.25, 0.3) is 5.65 Å². The summed E-state index contributed by atoms with van der Waals surface area (Å²) in [6.07, 6.45) is 0. The Balaban J connectivity index is 1.78. The molecule has 0 atom stereocenters. The fourth-order valence-corrected chi connectivity index (χ4v) is 5.05. The van der Waals surface area contributed by atoms with Crippen molar-refractivity contribution in [3.63, 3.8) is 0 Å². The van der Waals surface area contributed by atoms with E-state index in [-0.39, 0.29) is 5.56 Å². The first-order valence-electron chi connectivity index (χ1n) is 11.4. The van der Waals surface area contributed by atoms with Crippen molar-refractivity contribution in [2.24, 2.45) is 0 Å². The van der Waals surface area contributed by atoms with Gasteiger partial charge in [0.2, 0.25) is 0 Å². The Morgan fingerprint density at radius 3 is 2.53 bits per heavy atom. The van der Waals surface area contributed by atoms with Crippen LogP contribution in [0.3, 0.4) is 0 Å². The van der Waals surface area contributed by atoms with Crippen molar-refractivity contribution in [2.75, 3.05) is 6.61 Å². The molecule has 5 heteroatoms. The normalized spacial score (nSPS) is 11.6. The van der Waals surface area contributed by atoms with Gasteiger partial charge in [-0.05, 0) is 66.8 Å². The lowest BCUT2D eigenvalue weighted by atomic mass is 9.99. The molecule has 2 heterocycles. The van der Waals surface area contributed by atoms with Crippen molar-refractivity contribution in [1.29, 1.82) is 5.26 Å². The molecule has 34 heavy (non-hydrogen) atoms. The third kappa shape index (κ3) is 2.85. The molecule has 6 aromatic rings. The average Bonchev–Trinajstić information content (AvgIpc) is 3.18. The molecule has 2 aromatic heterocycles. The molecule has 0 fully saturated rings.